The molecule has 0 aliphatic carbocycles. The number of para-hydroxylation sites is 1. The number of rotatable bonds is 4. The fourth-order valence-corrected chi connectivity index (χ4v) is 1.49. The van der Waals surface area contributed by atoms with E-state index in [1.807, 2.05) is 0 Å². The summed E-state index contributed by atoms with van der Waals surface area (Å²) in [5.41, 5.74) is 0.988. The maximum atomic E-state index is 11.9. The summed E-state index contributed by atoms with van der Waals surface area (Å²) in [6, 6.07) is 6.90. The molecule has 1 N–H and O–H groups in total. The molecular weight excluding hydrogens is 240 g/mol. The molecule has 0 atom stereocenters. The lowest BCUT2D eigenvalue weighted by atomic mass is 10.1. The summed E-state index contributed by atoms with van der Waals surface area (Å²) >= 11 is 5.48. The minimum atomic E-state index is -0.195. The van der Waals surface area contributed by atoms with Gasteiger partial charge in [-0.25, -0.2) is 0 Å². The minimum Gasteiger partial charge on any atom is -0.345 e. The molecule has 0 saturated carbocycles. The van der Waals surface area contributed by atoms with Crippen LogP contribution < -0.4 is 5.32 Å². The number of benzene rings is 1. The standard InChI is InChI=1S/C12H15ClN2O2/c1-15(2)12(17)9-5-3-4-6-10(9)14-11(16)7-8-13/h3-6H,7-8H2,1-2H3,(H,14,16). The maximum Gasteiger partial charge on any atom is 0.255 e. The van der Waals surface area contributed by atoms with E-state index in [2.05, 4.69) is 5.32 Å². The van der Waals surface area contributed by atoms with Crippen molar-refractivity contribution in [1.82, 2.24) is 4.90 Å². The lowest BCUT2D eigenvalue weighted by Crippen LogP contribution is -2.24. The van der Waals surface area contributed by atoms with Crippen molar-refractivity contribution >= 4 is 29.1 Å². The molecular formula is C12H15ClN2O2. The maximum absolute atomic E-state index is 11.9. The van der Waals surface area contributed by atoms with E-state index >= 15 is 0 Å². The summed E-state index contributed by atoms with van der Waals surface area (Å²) in [4.78, 5) is 24.8. The van der Waals surface area contributed by atoms with Gasteiger partial charge in [0.15, 0.2) is 0 Å². The Morgan fingerprint density at radius 3 is 2.53 bits per heavy atom. The molecule has 0 aliphatic heterocycles. The Bertz CT molecular complexity index is 419. The molecule has 0 spiro atoms. The molecule has 0 radical (unpaired) electrons. The summed E-state index contributed by atoms with van der Waals surface area (Å²) in [6.45, 7) is 0. The van der Waals surface area contributed by atoms with Gasteiger partial charge in [0.1, 0.15) is 0 Å². The molecule has 0 unspecified atom stereocenters. The lowest BCUT2D eigenvalue weighted by Gasteiger charge is -2.14. The molecule has 0 aromatic heterocycles. The van der Waals surface area contributed by atoms with Gasteiger partial charge in [-0.1, -0.05) is 12.1 Å². The van der Waals surface area contributed by atoms with Crippen molar-refractivity contribution in [2.45, 2.75) is 6.42 Å². The molecule has 1 aromatic rings. The van der Waals surface area contributed by atoms with Gasteiger partial charge in [0.25, 0.3) is 5.91 Å². The van der Waals surface area contributed by atoms with Crippen molar-refractivity contribution in [2.24, 2.45) is 0 Å². The Balaban J connectivity index is 2.92. The molecule has 0 fully saturated rings. The SMILES string of the molecule is CN(C)C(=O)c1ccccc1NC(=O)CCCl. The van der Waals surface area contributed by atoms with Gasteiger partial charge in [0, 0.05) is 26.4 Å². The zero-order valence-corrected chi connectivity index (χ0v) is 10.6. The van der Waals surface area contributed by atoms with E-state index in [0.717, 1.165) is 0 Å². The van der Waals surface area contributed by atoms with Crippen molar-refractivity contribution in [3.63, 3.8) is 0 Å². The van der Waals surface area contributed by atoms with Gasteiger partial charge >= 0.3 is 0 Å². The van der Waals surface area contributed by atoms with Gasteiger partial charge in [-0.15, -0.1) is 11.6 Å². The van der Waals surface area contributed by atoms with Crippen LogP contribution in [0, 0.1) is 0 Å². The molecule has 92 valence electrons. The number of alkyl halides is 1. The normalized spacial score (nSPS) is 9.82. The second-order valence-corrected chi connectivity index (χ2v) is 4.11. The molecule has 0 heterocycles. The number of amides is 2. The van der Waals surface area contributed by atoms with Crippen molar-refractivity contribution in [3.8, 4) is 0 Å². The molecule has 1 rings (SSSR count). The highest BCUT2D eigenvalue weighted by Gasteiger charge is 2.13. The Labute approximate surface area is 106 Å². The number of anilines is 1. The molecule has 2 amide bonds. The van der Waals surface area contributed by atoms with Gasteiger partial charge < -0.3 is 10.2 Å². The Kier molecular flexibility index (Phi) is 4.97. The summed E-state index contributed by atoms with van der Waals surface area (Å²) in [7, 11) is 3.33. The van der Waals surface area contributed by atoms with E-state index in [4.69, 9.17) is 11.6 Å². The average molecular weight is 255 g/mol. The van der Waals surface area contributed by atoms with Crippen LogP contribution in [0.4, 0.5) is 5.69 Å². The van der Waals surface area contributed by atoms with Crippen molar-refractivity contribution in [2.75, 3.05) is 25.3 Å². The number of nitrogens with one attached hydrogen (secondary N) is 1. The van der Waals surface area contributed by atoms with Gasteiger partial charge in [-0.3, -0.25) is 9.59 Å². The third-order valence-electron chi connectivity index (χ3n) is 2.16. The first-order chi connectivity index (χ1) is 8.06. The summed E-state index contributed by atoms with van der Waals surface area (Å²) in [5.74, 6) is -0.0823. The summed E-state index contributed by atoms with van der Waals surface area (Å²) < 4.78 is 0. The number of nitrogens with zero attached hydrogens (tertiary/aromatic N) is 1. The smallest absolute Gasteiger partial charge is 0.255 e. The van der Waals surface area contributed by atoms with Gasteiger partial charge in [0.05, 0.1) is 11.3 Å². The number of carbonyl (C=O) groups excluding carboxylic acids is 2. The second kappa shape index (κ2) is 6.25. The Morgan fingerprint density at radius 2 is 1.94 bits per heavy atom. The van der Waals surface area contributed by atoms with Crippen molar-refractivity contribution in [1.29, 1.82) is 0 Å². The highest BCUT2D eigenvalue weighted by Crippen LogP contribution is 2.16. The van der Waals surface area contributed by atoms with Crippen LogP contribution >= 0.6 is 11.6 Å². The van der Waals surface area contributed by atoms with Gasteiger partial charge in [0.2, 0.25) is 5.91 Å². The Hall–Kier alpha value is -1.55. The van der Waals surface area contributed by atoms with E-state index in [1.54, 1.807) is 38.4 Å². The van der Waals surface area contributed by atoms with Crippen LogP contribution in [0.15, 0.2) is 24.3 Å². The van der Waals surface area contributed by atoms with E-state index in [0.29, 0.717) is 11.3 Å². The van der Waals surface area contributed by atoms with E-state index < -0.39 is 0 Å². The van der Waals surface area contributed by atoms with E-state index in [9.17, 15) is 9.59 Å². The first-order valence-electron chi connectivity index (χ1n) is 5.22. The predicted molar refractivity (Wildman–Crippen MR) is 68.4 cm³/mol. The second-order valence-electron chi connectivity index (χ2n) is 3.73. The lowest BCUT2D eigenvalue weighted by molar-refractivity contribution is -0.115. The highest BCUT2D eigenvalue weighted by molar-refractivity contribution is 6.19. The zero-order chi connectivity index (χ0) is 12.8. The Morgan fingerprint density at radius 1 is 1.29 bits per heavy atom. The fourth-order valence-electron chi connectivity index (χ4n) is 1.32. The number of carbonyl (C=O) groups is 2. The van der Waals surface area contributed by atoms with Crippen molar-refractivity contribution in [3.05, 3.63) is 29.8 Å². The molecule has 17 heavy (non-hydrogen) atoms. The van der Waals surface area contributed by atoms with Crippen LogP contribution in [0.3, 0.4) is 0 Å². The molecule has 0 bridgehead atoms. The van der Waals surface area contributed by atoms with Crippen LogP contribution in [-0.2, 0) is 4.79 Å². The summed E-state index contributed by atoms with van der Waals surface area (Å²) in [5, 5.41) is 2.68. The van der Waals surface area contributed by atoms with Crippen LogP contribution in [0.2, 0.25) is 0 Å². The molecule has 4 nitrogen and oxygen atoms in total. The van der Waals surface area contributed by atoms with Gasteiger partial charge in [-0.2, -0.15) is 0 Å². The molecule has 5 heteroatoms. The van der Waals surface area contributed by atoms with Crippen LogP contribution in [0.1, 0.15) is 16.8 Å². The van der Waals surface area contributed by atoms with E-state index in [1.165, 1.54) is 4.90 Å². The summed E-state index contributed by atoms with van der Waals surface area (Å²) in [6.07, 6.45) is 0.228. The predicted octanol–water partition coefficient (Wildman–Crippen LogP) is 1.96. The van der Waals surface area contributed by atoms with Crippen LogP contribution in [-0.4, -0.2) is 36.7 Å². The van der Waals surface area contributed by atoms with Crippen molar-refractivity contribution < 1.29 is 9.59 Å². The third-order valence-corrected chi connectivity index (χ3v) is 2.35. The monoisotopic (exact) mass is 254 g/mol. The highest BCUT2D eigenvalue weighted by atomic mass is 35.5. The topological polar surface area (TPSA) is 49.4 Å². The largest absolute Gasteiger partial charge is 0.345 e. The number of halogens is 1. The van der Waals surface area contributed by atoms with Crippen LogP contribution in [0.5, 0.6) is 0 Å². The first-order valence-corrected chi connectivity index (χ1v) is 5.76. The quantitative estimate of drug-likeness (QED) is 0.835. The molecule has 0 aliphatic rings. The molecule has 1 aromatic carbocycles. The minimum absolute atomic E-state index is 0.147. The zero-order valence-electron chi connectivity index (χ0n) is 9.87. The first kappa shape index (κ1) is 13.5. The number of hydrogen-bond acceptors (Lipinski definition) is 2. The van der Waals surface area contributed by atoms with Gasteiger partial charge in [-0.05, 0) is 12.1 Å². The number of hydrogen-bond donors (Lipinski definition) is 1. The van der Waals surface area contributed by atoms with E-state index in [-0.39, 0.29) is 24.1 Å². The van der Waals surface area contributed by atoms with Crippen LogP contribution in [0.25, 0.3) is 0 Å². The average Bonchev–Trinajstić information content (AvgIpc) is 2.29. The fraction of sp³-hybridized carbons (Fsp3) is 0.333. The third kappa shape index (κ3) is 3.75. The molecule has 0 saturated heterocycles.